The summed E-state index contributed by atoms with van der Waals surface area (Å²) < 4.78 is 2.37. The molecule has 0 fully saturated rings. The van der Waals surface area contributed by atoms with Gasteiger partial charge in [0, 0.05) is 29.9 Å². The van der Waals surface area contributed by atoms with Crippen molar-refractivity contribution in [3.63, 3.8) is 0 Å². The van der Waals surface area contributed by atoms with Gasteiger partial charge >= 0.3 is 0 Å². The standard InChI is InChI=1S/C22H28N2O2S/c1-15(2)23-21(26)9-5-4-6-12-24-19-11-10-17(25)14-18(19)16(3)22(24)20-8-7-13-27-20/h7-8,10-11,13-15,25H,4-6,9,12H2,1-3H3,(H,23,26). The van der Waals surface area contributed by atoms with Crippen LogP contribution < -0.4 is 5.32 Å². The molecular formula is C22H28N2O2S. The number of thiophene rings is 1. The van der Waals surface area contributed by atoms with E-state index in [4.69, 9.17) is 0 Å². The fourth-order valence-electron chi connectivity index (χ4n) is 3.60. The lowest BCUT2D eigenvalue weighted by Crippen LogP contribution is -2.29. The first-order valence-corrected chi connectivity index (χ1v) is 10.5. The van der Waals surface area contributed by atoms with Crippen molar-refractivity contribution in [1.82, 2.24) is 9.88 Å². The molecule has 2 N–H and O–H groups in total. The summed E-state index contributed by atoms with van der Waals surface area (Å²) in [6.45, 7) is 7.01. The number of hydrogen-bond donors (Lipinski definition) is 2. The summed E-state index contributed by atoms with van der Waals surface area (Å²) in [5, 5.41) is 16.1. The van der Waals surface area contributed by atoms with Crippen LogP contribution in [-0.4, -0.2) is 21.6 Å². The minimum Gasteiger partial charge on any atom is -0.508 e. The van der Waals surface area contributed by atoms with Gasteiger partial charge in [0.1, 0.15) is 5.75 Å². The Balaban J connectivity index is 1.74. The summed E-state index contributed by atoms with van der Waals surface area (Å²) >= 11 is 1.74. The van der Waals surface area contributed by atoms with E-state index in [0.29, 0.717) is 12.2 Å². The van der Waals surface area contributed by atoms with Crippen LogP contribution in [0.1, 0.15) is 45.1 Å². The monoisotopic (exact) mass is 384 g/mol. The van der Waals surface area contributed by atoms with Gasteiger partial charge in [-0.2, -0.15) is 0 Å². The number of rotatable bonds is 8. The Morgan fingerprint density at radius 1 is 1.22 bits per heavy atom. The van der Waals surface area contributed by atoms with E-state index in [0.717, 1.165) is 36.7 Å². The molecule has 1 amide bonds. The number of phenolic OH excluding ortho intramolecular Hbond substituents is 1. The molecule has 1 aromatic carbocycles. The third kappa shape index (κ3) is 4.53. The van der Waals surface area contributed by atoms with E-state index in [-0.39, 0.29) is 11.9 Å². The van der Waals surface area contributed by atoms with Crippen molar-refractivity contribution < 1.29 is 9.90 Å². The third-order valence-electron chi connectivity index (χ3n) is 4.79. The largest absolute Gasteiger partial charge is 0.508 e. The Morgan fingerprint density at radius 2 is 2.04 bits per heavy atom. The maximum atomic E-state index is 11.8. The third-order valence-corrected chi connectivity index (χ3v) is 5.67. The van der Waals surface area contributed by atoms with Gasteiger partial charge in [0.15, 0.2) is 0 Å². The zero-order chi connectivity index (χ0) is 19.4. The second-order valence-electron chi connectivity index (χ2n) is 7.34. The smallest absolute Gasteiger partial charge is 0.220 e. The quantitative estimate of drug-likeness (QED) is 0.506. The molecule has 0 bridgehead atoms. The van der Waals surface area contributed by atoms with Crippen molar-refractivity contribution in [2.45, 2.75) is 59.0 Å². The molecule has 0 aliphatic heterocycles. The highest BCUT2D eigenvalue weighted by molar-refractivity contribution is 7.13. The molecule has 0 radical (unpaired) electrons. The van der Waals surface area contributed by atoms with Gasteiger partial charge < -0.3 is 15.0 Å². The Bertz CT molecular complexity index is 910. The molecule has 0 unspecified atom stereocenters. The second kappa shape index (κ2) is 8.61. The fourth-order valence-corrected chi connectivity index (χ4v) is 4.44. The first-order chi connectivity index (χ1) is 13.0. The average molecular weight is 385 g/mol. The summed E-state index contributed by atoms with van der Waals surface area (Å²) in [6, 6.07) is 10.0. The van der Waals surface area contributed by atoms with Crippen LogP contribution in [0.5, 0.6) is 5.75 Å². The van der Waals surface area contributed by atoms with Crippen LogP contribution in [0.3, 0.4) is 0 Å². The number of nitrogens with zero attached hydrogens (tertiary/aromatic N) is 1. The molecular weight excluding hydrogens is 356 g/mol. The average Bonchev–Trinajstić information content (AvgIpc) is 3.21. The van der Waals surface area contributed by atoms with Crippen LogP contribution in [-0.2, 0) is 11.3 Å². The molecule has 27 heavy (non-hydrogen) atoms. The number of nitrogens with one attached hydrogen (secondary N) is 1. The Hall–Kier alpha value is -2.27. The summed E-state index contributed by atoms with van der Waals surface area (Å²) in [4.78, 5) is 13.0. The number of hydrogen-bond acceptors (Lipinski definition) is 3. The van der Waals surface area contributed by atoms with Crippen LogP contribution in [0, 0.1) is 6.92 Å². The lowest BCUT2D eigenvalue weighted by Gasteiger charge is -2.11. The summed E-state index contributed by atoms with van der Waals surface area (Å²) in [7, 11) is 0. The van der Waals surface area contributed by atoms with Crippen LogP contribution in [0.2, 0.25) is 0 Å². The zero-order valence-corrected chi connectivity index (χ0v) is 17.1. The van der Waals surface area contributed by atoms with E-state index >= 15 is 0 Å². The van der Waals surface area contributed by atoms with Gasteiger partial charge in [-0.05, 0) is 68.8 Å². The predicted octanol–water partition coefficient (Wildman–Crippen LogP) is 5.47. The first kappa shape index (κ1) is 19.5. The molecule has 5 heteroatoms. The molecule has 0 spiro atoms. The van der Waals surface area contributed by atoms with Crippen LogP contribution in [0.4, 0.5) is 0 Å². The Morgan fingerprint density at radius 3 is 2.74 bits per heavy atom. The van der Waals surface area contributed by atoms with Gasteiger partial charge in [-0.25, -0.2) is 0 Å². The maximum Gasteiger partial charge on any atom is 0.220 e. The molecule has 3 aromatic rings. The first-order valence-electron chi connectivity index (χ1n) is 9.62. The SMILES string of the molecule is Cc1c(-c2cccs2)n(CCCCCC(=O)NC(C)C)c2ccc(O)cc12. The fraction of sp³-hybridized carbons (Fsp3) is 0.409. The number of benzene rings is 1. The van der Waals surface area contributed by atoms with Gasteiger partial charge in [0.05, 0.1) is 10.6 Å². The van der Waals surface area contributed by atoms with Gasteiger partial charge in [-0.3, -0.25) is 4.79 Å². The molecule has 0 aliphatic carbocycles. The summed E-state index contributed by atoms with van der Waals surface area (Å²) in [5.74, 6) is 0.443. The van der Waals surface area contributed by atoms with E-state index in [1.807, 2.05) is 26.0 Å². The molecule has 0 saturated carbocycles. The van der Waals surface area contributed by atoms with Gasteiger partial charge in [-0.15, -0.1) is 11.3 Å². The second-order valence-corrected chi connectivity index (χ2v) is 8.28. The van der Waals surface area contributed by atoms with Gasteiger partial charge in [0.25, 0.3) is 0 Å². The number of carbonyl (C=O) groups excluding carboxylic acids is 1. The van der Waals surface area contributed by atoms with Crippen molar-refractivity contribution in [2.75, 3.05) is 0 Å². The molecule has 2 aromatic heterocycles. The highest BCUT2D eigenvalue weighted by atomic mass is 32.1. The van der Waals surface area contributed by atoms with Crippen molar-refractivity contribution in [3.05, 3.63) is 41.3 Å². The molecule has 0 aliphatic rings. The molecule has 144 valence electrons. The van der Waals surface area contributed by atoms with Crippen molar-refractivity contribution in [2.24, 2.45) is 0 Å². The van der Waals surface area contributed by atoms with Crippen molar-refractivity contribution in [1.29, 1.82) is 0 Å². The minimum absolute atomic E-state index is 0.141. The molecule has 4 nitrogen and oxygen atoms in total. The summed E-state index contributed by atoms with van der Waals surface area (Å²) in [5.41, 5.74) is 3.61. The number of aromatic hydroxyl groups is 1. The molecule has 0 saturated heterocycles. The van der Waals surface area contributed by atoms with E-state index < -0.39 is 0 Å². The zero-order valence-electron chi connectivity index (χ0n) is 16.3. The van der Waals surface area contributed by atoms with Crippen LogP contribution in [0.15, 0.2) is 35.7 Å². The molecule has 3 rings (SSSR count). The highest BCUT2D eigenvalue weighted by Crippen LogP contribution is 2.37. The number of fused-ring (bicyclic) bond motifs is 1. The van der Waals surface area contributed by atoms with Crippen molar-refractivity contribution in [3.8, 4) is 16.3 Å². The number of aryl methyl sites for hydroxylation is 2. The van der Waals surface area contributed by atoms with Gasteiger partial charge in [-0.1, -0.05) is 12.5 Å². The highest BCUT2D eigenvalue weighted by Gasteiger charge is 2.16. The molecule has 2 heterocycles. The predicted molar refractivity (Wildman–Crippen MR) is 113 cm³/mol. The number of phenols is 1. The lowest BCUT2D eigenvalue weighted by molar-refractivity contribution is -0.121. The normalized spacial score (nSPS) is 11.4. The lowest BCUT2D eigenvalue weighted by atomic mass is 10.1. The van der Waals surface area contributed by atoms with Crippen molar-refractivity contribution >= 4 is 28.1 Å². The van der Waals surface area contributed by atoms with Crippen LogP contribution in [0.25, 0.3) is 21.5 Å². The summed E-state index contributed by atoms with van der Waals surface area (Å²) in [6.07, 6.45) is 3.55. The Kier molecular flexibility index (Phi) is 6.22. The number of amides is 1. The molecule has 0 atom stereocenters. The van der Waals surface area contributed by atoms with E-state index in [1.165, 1.54) is 16.1 Å². The minimum atomic E-state index is 0.141. The number of carbonyl (C=O) groups is 1. The van der Waals surface area contributed by atoms with E-state index in [9.17, 15) is 9.90 Å². The Labute approximate surface area is 164 Å². The number of aromatic nitrogens is 1. The maximum absolute atomic E-state index is 11.8. The topological polar surface area (TPSA) is 54.3 Å². The van der Waals surface area contributed by atoms with E-state index in [1.54, 1.807) is 17.4 Å². The van der Waals surface area contributed by atoms with Gasteiger partial charge in [0.2, 0.25) is 5.91 Å². The number of unbranched alkanes of at least 4 members (excludes halogenated alkanes) is 2. The van der Waals surface area contributed by atoms with Crippen LogP contribution >= 0.6 is 11.3 Å². The van der Waals surface area contributed by atoms with E-state index in [2.05, 4.69) is 34.3 Å².